The number of pyridine rings is 1. The van der Waals surface area contributed by atoms with Crippen molar-refractivity contribution in [2.24, 2.45) is 5.92 Å². The molecule has 0 bridgehead atoms. The van der Waals surface area contributed by atoms with Crippen LogP contribution in [0.3, 0.4) is 0 Å². The van der Waals surface area contributed by atoms with Crippen LogP contribution in [0, 0.1) is 12.8 Å². The van der Waals surface area contributed by atoms with Crippen LogP contribution in [0.1, 0.15) is 69.2 Å². The first-order chi connectivity index (χ1) is 13.5. The lowest BCUT2D eigenvalue weighted by atomic mass is 9.84. The standard InChI is InChI=1S/C22H37N3O2S/c1-5-6-17-8-12-19(13-9-17)27-15-21-20(23-28-24(3)4)14-11-18-10-7-16(2)22(26)25(18)21/h7,10,17,19-21,23H,5-6,8-9,11-15H2,1-4H3. The fourth-order valence-corrected chi connectivity index (χ4v) is 5.29. The zero-order chi connectivity index (χ0) is 20.1. The van der Waals surface area contributed by atoms with Crippen LogP contribution in [-0.4, -0.2) is 41.7 Å². The predicted molar refractivity (Wildman–Crippen MR) is 118 cm³/mol. The third-order valence-electron chi connectivity index (χ3n) is 6.28. The van der Waals surface area contributed by atoms with E-state index in [0.717, 1.165) is 42.9 Å². The molecule has 0 aromatic carbocycles. The first-order valence-electron chi connectivity index (χ1n) is 10.9. The molecule has 0 saturated heterocycles. The second-order valence-corrected chi connectivity index (χ2v) is 9.83. The second kappa shape index (κ2) is 10.3. The number of hydrogen-bond acceptors (Lipinski definition) is 5. The van der Waals surface area contributed by atoms with Crippen LogP contribution in [0.25, 0.3) is 0 Å². The highest BCUT2D eigenvalue weighted by Gasteiger charge is 2.32. The third-order valence-corrected chi connectivity index (χ3v) is 7.05. The van der Waals surface area contributed by atoms with Crippen molar-refractivity contribution in [2.45, 2.75) is 83.4 Å². The van der Waals surface area contributed by atoms with E-state index in [1.54, 1.807) is 12.1 Å². The fraction of sp³-hybridized carbons (Fsp3) is 0.773. The molecule has 3 rings (SSSR count). The van der Waals surface area contributed by atoms with Gasteiger partial charge in [0.25, 0.3) is 5.56 Å². The monoisotopic (exact) mass is 407 g/mol. The summed E-state index contributed by atoms with van der Waals surface area (Å²) < 4.78 is 14.1. The summed E-state index contributed by atoms with van der Waals surface area (Å²) in [5.74, 6) is 0.886. The van der Waals surface area contributed by atoms with Gasteiger partial charge in [0, 0.05) is 29.4 Å². The molecule has 2 unspecified atom stereocenters. The Morgan fingerprint density at radius 2 is 1.96 bits per heavy atom. The number of aryl methyl sites for hydroxylation is 2. The Bertz CT molecular complexity index is 683. The molecular weight excluding hydrogens is 370 g/mol. The average Bonchev–Trinajstić information content (AvgIpc) is 2.69. The Morgan fingerprint density at radius 3 is 2.64 bits per heavy atom. The normalized spacial score (nSPS) is 27.8. The number of hydrogen-bond donors (Lipinski definition) is 1. The molecule has 0 amide bonds. The van der Waals surface area contributed by atoms with Crippen LogP contribution in [0.5, 0.6) is 0 Å². The summed E-state index contributed by atoms with van der Waals surface area (Å²) in [4.78, 5) is 12.9. The maximum absolute atomic E-state index is 12.9. The molecule has 0 radical (unpaired) electrons. The van der Waals surface area contributed by atoms with Crippen molar-refractivity contribution in [1.82, 2.24) is 13.6 Å². The Hall–Kier alpha value is -0.820. The van der Waals surface area contributed by atoms with Crippen molar-refractivity contribution >= 4 is 12.1 Å². The molecule has 0 spiro atoms. The zero-order valence-electron chi connectivity index (χ0n) is 17.9. The highest BCUT2D eigenvalue weighted by molar-refractivity contribution is 7.95. The first kappa shape index (κ1) is 21.9. The molecular formula is C22H37N3O2S. The van der Waals surface area contributed by atoms with E-state index >= 15 is 0 Å². The van der Waals surface area contributed by atoms with Gasteiger partial charge in [-0.15, -0.1) is 0 Å². The molecule has 1 aliphatic heterocycles. The summed E-state index contributed by atoms with van der Waals surface area (Å²) in [6, 6.07) is 4.37. The van der Waals surface area contributed by atoms with Crippen LogP contribution in [0.4, 0.5) is 0 Å². The van der Waals surface area contributed by atoms with Gasteiger partial charge in [0.1, 0.15) is 0 Å². The quantitative estimate of drug-likeness (QED) is 0.657. The molecule has 1 N–H and O–H groups in total. The van der Waals surface area contributed by atoms with Gasteiger partial charge in [-0.2, -0.15) is 0 Å². The second-order valence-electron chi connectivity index (χ2n) is 8.68. The molecule has 2 atom stereocenters. The summed E-state index contributed by atoms with van der Waals surface area (Å²) in [6.07, 6.45) is 9.85. The minimum absolute atomic E-state index is 0.0527. The maximum atomic E-state index is 12.9. The number of aromatic nitrogens is 1. The Balaban J connectivity index is 1.70. The predicted octanol–water partition coefficient (Wildman–Crippen LogP) is 4.10. The topological polar surface area (TPSA) is 46.5 Å². The summed E-state index contributed by atoms with van der Waals surface area (Å²) in [7, 11) is 4.07. The number of ether oxygens (including phenoxy) is 1. The lowest BCUT2D eigenvalue weighted by Gasteiger charge is -2.37. The van der Waals surface area contributed by atoms with E-state index in [4.69, 9.17) is 4.74 Å². The fourth-order valence-electron chi connectivity index (χ4n) is 4.67. The molecule has 5 nitrogen and oxygen atoms in total. The van der Waals surface area contributed by atoms with Gasteiger partial charge in [0.15, 0.2) is 0 Å². The van der Waals surface area contributed by atoms with Crippen LogP contribution in [-0.2, 0) is 11.2 Å². The Kier molecular flexibility index (Phi) is 8.03. The molecule has 28 heavy (non-hydrogen) atoms. The van der Waals surface area contributed by atoms with E-state index in [1.165, 1.54) is 25.7 Å². The van der Waals surface area contributed by atoms with E-state index < -0.39 is 0 Å². The van der Waals surface area contributed by atoms with E-state index in [2.05, 4.69) is 22.0 Å². The average molecular weight is 408 g/mol. The Labute approximate surface area is 174 Å². The van der Waals surface area contributed by atoms with Crippen LogP contribution < -0.4 is 10.3 Å². The van der Waals surface area contributed by atoms with Crippen molar-refractivity contribution in [2.75, 3.05) is 20.7 Å². The van der Waals surface area contributed by atoms with Crippen LogP contribution in [0.15, 0.2) is 16.9 Å². The van der Waals surface area contributed by atoms with E-state index in [-0.39, 0.29) is 17.6 Å². The van der Waals surface area contributed by atoms with Gasteiger partial charge in [0.05, 0.1) is 18.8 Å². The largest absolute Gasteiger partial charge is 0.376 e. The van der Waals surface area contributed by atoms with Crippen molar-refractivity contribution in [3.05, 3.63) is 33.7 Å². The van der Waals surface area contributed by atoms with Gasteiger partial charge in [-0.1, -0.05) is 25.8 Å². The minimum atomic E-state index is 0.0527. The summed E-state index contributed by atoms with van der Waals surface area (Å²) in [5.41, 5.74) is 2.10. The maximum Gasteiger partial charge on any atom is 0.254 e. The molecule has 1 aromatic heterocycles. The van der Waals surface area contributed by atoms with Gasteiger partial charge in [-0.3, -0.25) is 4.79 Å². The first-order valence-corrected chi connectivity index (χ1v) is 11.7. The van der Waals surface area contributed by atoms with Crippen molar-refractivity contribution in [3.8, 4) is 0 Å². The van der Waals surface area contributed by atoms with E-state index in [9.17, 15) is 4.79 Å². The van der Waals surface area contributed by atoms with E-state index in [1.807, 2.05) is 31.7 Å². The molecule has 1 fully saturated rings. The minimum Gasteiger partial charge on any atom is -0.376 e. The van der Waals surface area contributed by atoms with Gasteiger partial charge in [-0.05, 0) is 71.5 Å². The third kappa shape index (κ3) is 5.41. The van der Waals surface area contributed by atoms with Crippen molar-refractivity contribution in [1.29, 1.82) is 0 Å². The molecule has 1 aromatic rings. The van der Waals surface area contributed by atoms with Crippen LogP contribution in [0.2, 0.25) is 0 Å². The summed E-state index contributed by atoms with van der Waals surface area (Å²) in [5, 5.41) is 0. The SMILES string of the molecule is CCCC1CCC(OCC2C(NSN(C)C)CCc3ccc(C)c(=O)n32)CC1. The lowest BCUT2D eigenvalue weighted by molar-refractivity contribution is -0.00724. The number of nitrogens with one attached hydrogen (secondary N) is 1. The molecule has 1 saturated carbocycles. The van der Waals surface area contributed by atoms with Crippen molar-refractivity contribution < 1.29 is 4.74 Å². The van der Waals surface area contributed by atoms with Crippen molar-refractivity contribution in [3.63, 3.8) is 0 Å². The highest BCUT2D eigenvalue weighted by Crippen LogP contribution is 2.31. The molecule has 158 valence electrons. The molecule has 1 aliphatic carbocycles. The van der Waals surface area contributed by atoms with Gasteiger partial charge >= 0.3 is 0 Å². The summed E-state index contributed by atoms with van der Waals surface area (Å²) in [6.45, 7) is 4.81. The number of fused-ring (bicyclic) bond motifs is 1. The van der Waals surface area contributed by atoms with Gasteiger partial charge in [-0.25, -0.2) is 9.03 Å². The number of rotatable bonds is 8. The molecule has 6 heteroatoms. The highest BCUT2D eigenvalue weighted by atomic mass is 32.2. The lowest BCUT2D eigenvalue weighted by Crippen LogP contribution is -2.47. The molecule has 2 heterocycles. The summed E-state index contributed by atoms with van der Waals surface area (Å²) >= 11 is 1.61. The molecule has 2 aliphatic rings. The van der Waals surface area contributed by atoms with E-state index in [0.29, 0.717) is 12.7 Å². The zero-order valence-corrected chi connectivity index (χ0v) is 18.8. The smallest absolute Gasteiger partial charge is 0.254 e. The van der Waals surface area contributed by atoms with Gasteiger partial charge < -0.3 is 9.30 Å². The van der Waals surface area contributed by atoms with Gasteiger partial charge in [0.2, 0.25) is 0 Å². The van der Waals surface area contributed by atoms with Crippen LogP contribution >= 0.6 is 12.1 Å². The number of nitrogens with zero attached hydrogens (tertiary/aromatic N) is 2. The Morgan fingerprint density at radius 1 is 1.21 bits per heavy atom.